The quantitative estimate of drug-likeness (QED) is 0.591. The van der Waals surface area contributed by atoms with Gasteiger partial charge in [-0.1, -0.05) is 12.1 Å². The Bertz CT molecular complexity index is 1200. The van der Waals surface area contributed by atoms with E-state index in [1.54, 1.807) is 35.2 Å². The molecular formula is C23H23FN4O3. The summed E-state index contributed by atoms with van der Waals surface area (Å²) in [6.45, 7) is 3.60. The monoisotopic (exact) mass is 422 g/mol. The molecule has 4 rings (SSSR count). The Morgan fingerprint density at radius 1 is 1.06 bits per heavy atom. The topological polar surface area (TPSA) is 75.5 Å². The predicted molar refractivity (Wildman–Crippen MR) is 116 cm³/mol. The van der Waals surface area contributed by atoms with Gasteiger partial charge < -0.3 is 9.80 Å². The predicted octanol–water partition coefficient (Wildman–Crippen LogP) is 2.48. The van der Waals surface area contributed by atoms with E-state index in [0.717, 1.165) is 0 Å². The summed E-state index contributed by atoms with van der Waals surface area (Å²) in [5, 5.41) is 0.531. The summed E-state index contributed by atoms with van der Waals surface area (Å²) < 4.78 is 15.9. The van der Waals surface area contributed by atoms with Crippen LogP contribution in [0.4, 0.5) is 10.1 Å². The standard InChI is InChI=1S/C23H23FN4O3/c1-16(29)17-6-7-21(19(24)14-17)26-10-12-27(13-11-26)22(30)8-9-28-15-25-20-5-3-2-4-18(20)23(28)31/h2-7,14-15H,8-13H2,1H3. The average molecular weight is 422 g/mol. The first-order valence-corrected chi connectivity index (χ1v) is 10.2. The molecular weight excluding hydrogens is 399 g/mol. The van der Waals surface area contributed by atoms with E-state index in [9.17, 15) is 18.8 Å². The van der Waals surface area contributed by atoms with Gasteiger partial charge in [-0.3, -0.25) is 19.0 Å². The van der Waals surface area contributed by atoms with Crippen molar-refractivity contribution in [3.8, 4) is 0 Å². The number of para-hydroxylation sites is 1. The number of nitrogens with zero attached hydrogens (tertiary/aromatic N) is 4. The van der Waals surface area contributed by atoms with Crippen molar-refractivity contribution in [3.63, 3.8) is 0 Å². The van der Waals surface area contributed by atoms with E-state index in [-0.39, 0.29) is 30.2 Å². The molecule has 0 aliphatic carbocycles. The first kappa shape index (κ1) is 20.7. The highest BCUT2D eigenvalue weighted by Crippen LogP contribution is 2.22. The number of aryl methyl sites for hydroxylation is 1. The summed E-state index contributed by atoms with van der Waals surface area (Å²) in [6.07, 6.45) is 1.67. The zero-order chi connectivity index (χ0) is 22.0. The Labute approximate surface area is 178 Å². The van der Waals surface area contributed by atoms with Crippen molar-refractivity contribution < 1.29 is 14.0 Å². The van der Waals surface area contributed by atoms with Crippen LogP contribution in [-0.2, 0) is 11.3 Å². The maximum absolute atomic E-state index is 14.4. The van der Waals surface area contributed by atoms with Crippen molar-refractivity contribution in [2.75, 3.05) is 31.1 Å². The Balaban J connectivity index is 1.35. The second kappa shape index (κ2) is 8.67. The lowest BCUT2D eigenvalue weighted by Gasteiger charge is -2.36. The number of amides is 1. The van der Waals surface area contributed by atoms with E-state index in [0.29, 0.717) is 48.3 Å². The van der Waals surface area contributed by atoms with Crippen LogP contribution in [0.25, 0.3) is 10.9 Å². The van der Waals surface area contributed by atoms with Crippen molar-refractivity contribution in [1.29, 1.82) is 0 Å². The molecule has 1 aliphatic rings. The number of carbonyl (C=O) groups is 2. The molecule has 0 radical (unpaired) electrons. The van der Waals surface area contributed by atoms with Gasteiger partial charge in [0, 0.05) is 44.7 Å². The largest absolute Gasteiger partial charge is 0.366 e. The third-order valence-corrected chi connectivity index (χ3v) is 5.63. The summed E-state index contributed by atoms with van der Waals surface area (Å²) in [7, 11) is 0. The summed E-state index contributed by atoms with van der Waals surface area (Å²) in [4.78, 5) is 44.5. The number of carbonyl (C=O) groups excluding carboxylic acids is 2. The maximum atomic E-state index is 14.4. The van der Waals surface area contributed by atoms with E-state index in [2.05, 4.69) is 4.98 Å². The van der Waals surface area contributed by atoms with Crippen molar-refractivity contribution in [3.05, 3.63) is 70.5 Å². The van der Waals surface area contributed by atoms with Crippen molar-refractivity contribution in [1.82, 2.24) is 14.5 Å². The number of halogens is 1. The molecule has 1 fully saturated rings. The van der Waals surface area contributed by atoms with Crippen LogP contribution in [0.1, 0.15) is 23.7 Å². The van der Waals surface area contributed by atoms with E-state index >= 15 is 0 Å². The van der Waals surface area contributed by atoms with Gasteiger partial charge in [0.05, 0.1) is 22.9 Å². The van der Waals surface area contributed by atoms with Crippen LogP contribution in [0.15, 0.2) is 53.6 Å². The third-order valence-electron chi connectivity index (χ3n) is 5.63. The molecule has 0 unspecified atom stereocenters. The fourth-order valence-corrected chi connectivity index (χ4v) is 3.82. The summed E-state index contributed by atoms with van der Waals surface area (Å²) >= 11 is 0. The van der Waals surface area contributed by atoms with Crippen LogP contribution in [0, 0.1) is 5.82 Å². The van der Waals surface area contributed by atoms with E-state index in [1.807, 2.05) is 11.0 Å². The minimum atomic E-state index is -0.435. The van der Waals surface area contributed by atoms with Crippen LogP contribution in [-0.4, -0.2) is 52.3 Å². The first-order chi connectivity index (χ1) is 14.9. The van der Waals surface area contributed by atoms with Gasteiger partial charge in [-0.15, -0.1) is 0 Å². The van der Waals surface area contributed by atoms with Gasteiger partial charge in [-0.25, -0.2) is 9.37 Å². The number of ketones is 1. The first-order valence-electron chi connectivity index (χ1n) is 10.2. The minimum absolute atomic E-state index is 0.0490. The smallest absolute Gasteiger partial charge is 0.261 e. The molecule has 8 heteroatoms. The summed E-state index contributed by atoms with van der Waals surface area (Å²) in [5.41, 5.74) is 1.25. The number of rotatable bonds is 5. The summed E-state index contributed by atoms with van der Waals surface area (Å²) in [6, 6.07) is 11.6. The fraction of sp³-hybridized carbons (Fsp3) is 0.304. The van der Waals surface area contributed by atoms with Gasteiger partial charge in [-0.05, 0) is 37.3 Å². The molecule has 1 saturated heterocycles. The second-order valence-corrected chi connectivity index (χ2v) is 7.60. The molecule has 1 aliphatic heterocycles. The third kappa shape index (κ3) is 4.33. The number of aromatic nitrogens is 2. The summed E-state index contributed by atoms with van der Waals surface area (Å²) in [5.74, 6) is -0.663. The molecule has 0 atom stereocenters. The molecule has 160 valence electrons. The number of benzene rings is 2. The van der Waals surface area contributed by atoms with Crippen LogP contribution in [0.2, 0.25) is 0 Å². The van der Waals surface area contributed by atoms with Gasteiger partial charge in [-0.2, -0.15) is 0 Å². The van der Waals surface area contributed by atoms with Crippen molar-refractivity contribution in [2.24, 2.45) is 0 Å². The van der Waals surface area contributed by atoms with Gasteiger partial charge in [0.15, 0.2) is 5.78 Å². The van der Waals surface area contributed by atoms with Gasteiger partial charge in [0.1, 0.15) is 5.82 Å². The highest BCUT2D eigenvalue weighted by atomic mass is 19.1. The Hall–Kier alpha value is -3.55. The lowest BCUT2D eigenvalue weighted by Crippen LogP contribution is -2.49. The lowest BCUT2D eigenvalue weighted by molar-refractivity contribution is -0.131. The average Bonchev–Trinajstić information content (AvgIpc) is 2.78. The van der Waals surface area contributed by atoms with Crippen molar-refractivity contribution >= 4 is 28.3 Å². The van der Waals surface area contributed by atoms with E-state index in [4.69, 9.17) is 0 Å². The van der Waals surface area contributed by atoms with Gasteiger partial charge in [0.2, 0.25) is 5.91 Å². The number of anilines is 1. The Kier molecular flexibility index (Phi) is 5.79. The maximum Gasteiger partial charge on any atom is 0.261 e. The zero-order valence-electron chi connectivity index (χ0n) is 17.3. The number of piperazine rings is 1. The molecule has 0 bridgehead atoms. The Morgan fingerprint density at radius 2 is 1.81 bits per heavy atom. The van der Waals surface area contributed by atoms with Crippen LogP contribution in [0.3, 0.4) is 0 Å². The molecule has 3 aromatic rings. The molecule has 1 amide bonds. The van der Waals surface area contributed by atoms with Crippen molar-refractivity contribution in [2.45, 2.75) is 19.9 Å². The fourth-order valence-electron chi connectivity index (χ4n) is 3.82. The molecule has 1 aromatic heterocycles. The van der Waals surface area contributed by atoms with E-state index in [1.165, 1.54) is 23.9 Å². The Morgan fingerprint density at radius 3 is 2.52 bits per heavy atom. The number of hydrogen-bond acceptors (Lipinski definition) is 5. The molecule has 0 N–H and O–H groups in total. The van der Waals surface area contributed by atoms with Gasteiger partial charge >= 0.3 is 0 Å². The minimum Gasteiger partial charge on any atom is -0.366 e. The van der Waals surface area contributed by atoms with E-state index < -0.39 is 5.82 Å². The molecule has 0 saturated carbocycles. The molecule has 31 heavy (non-hydrogen) atoms. The molecule has 2 heterocycles. The number of Topliss-reactive ketones (excluding diaryl/α,β-unsaturated/α-hetero) is 1. The highest BCUT2D eigenvalue weighted by molar-refractivity contribution is 5.94. The number of fused-ring (bicyclic) bond motifs is 1. The molecule has 2 aromatic carbocycles. The normalized spacial score (nSPS) is 14.1. The SMILES string of the molecule is CC(=O)c1ccc(N2CCN(C(=O)CCn3cnc4ccccc4c3=O)CC2)c(F)c1. The molecule has 0 spiro atoms. The molecule has 7 nitrogen and oxygen atoms in total. The van der Waals surface area contributed by atoms with Crippen LogP contribution >= 0.6 is 0 Å². The number of hydrogen-bond donors (Lipinski definition) is 0. The highest BCUT2D eigenvalue weighted by Gasteiger charge is 2.23. The van der Waals surface area contributed by atoms with Gasteiger partial charge in [0.25, 0.3) is 5.56 Å². The lowest BCUT2D eigenvalue weighted by atomic mass is 10.1. The van der Waals surface area contributed by atoms with Crippen LogP contribution in [0.5, 0.6) is 0 Å². The second-order valence-electron chi connectivity index (χ2n) is 7.60. The van der Waals surface area contributed by atoms with Crippen LogP contribution < -0.4 is 10.5 Å². The zero-order valence-corrected chi connectivity index (χ0v) is 17.3.